The van der Waals surface area contributed by atoms with Crippen LogP contribution >= 0.6 is 0 Å². The summed E-state index contributed by atoms with van der Waals surface area (Å²) in [5.74, 6) is 0.517. The molecular formula is C23H35N3O3. The molecule has 6 nitrogen and oxygen atoms in total. The lowest BCUT2D eigenvalue weighted by Gasteiger charge is -2.20. The maximum atomic E-state index is 12.6. The summed E-state index contributed by atoms with van der Waals surface area (Å²) in [4.78, 5) is 25.0. The predicted octanol–water partition coefficient (Wildman–Crippen LogP) is 4.37. The maximum absolute atomic E-state index is 12.6. The van der Waals surface area contributed by atoms with Gasteiger partial charge in [0.2, 0.25) is 5.91 Å². The fourth-order valence-corrected chi connectivity index (χ4v) is 3.36. The molecule has 1 aromatic carbocycles. The third-order valence-electron chi connectivity index (χ3n) is 4.73. The molecule has 0 fully saturated rings. The summed E-state index contributed by atoms with van der Waals surface area (Å²) in [6.45, 7) is 8.97. The molecule has 1 aliphatic heterocycles. The number of hydrogen-bond acceptors (Lipinski definition) is 5. The number of nitrogens with one attached hydrogen (secondary N) is 3. The summed E-state index contributed by atoms with van der Waals surface area (Å²) < 4.78 is 5.53. The highest BCUT2D eigenvalue weighted by Gasteiger charge is 2.23. The van der Waals surface area contributed by atoms with Gasteiger partial charge in [-0.15, -0.1) is 0 Å². The molecule has 0 atom stereocenters. The highest BCUT2D eigenvalue weighted by atomic mass is 16.5. The van der Waals surface area contributed by atoms with Crippen LogP contribution < -0.4 is 20.7 Å². The van der Waals surface area contributed by atoms with Gasteiger partial charge < -0.3 is 20.7 Å². The van der Waals surface area contributed by atoms with E-state index in [1.165, 1.54) is 19.3 Å². The van der Waals surface area contributed by atoms with Crippen LogP contribution in [-0.4, -0.2) is 37.4 Å². The number of ketones is 1. The number of fused-ring (bicyclic) bond motifs is 1. The topological polar surface area (TPSA) is 79.5 Å². The Kier molecular flexibility index (Phi) is 8.11. The van der Waals surface area contributed by atoms with Gasteiger partial charge in [-0.25, -0.2) is 0 Å². The monoisotopic (exact) mass is 401 g/mol. The summed E-state index contributed by atoms with van der Waals surface area (Å²) in [5.41, 5.74) is 2.78. The average molecular weight is 402 g/mol. The van der Waals surface area contributed by atoms with Crippen LogP contribution in [0.1, 0.15) is 65.4 Å². The van der Waals surface area contributed by atoms with Gasteiger partial charge >= 0.3 is 0 Å². The SMILES string of the molecule is CCCCCCNc1c(OC)ccc2c1NCC(=O)C(CC(=O)NC(C)(C)C)=C2. The molecule has 2 rings (SSSR count). The highest BCUT2D eigenvalue weighted by Crippen LogP contribution is 2.38. The molecule has 0 saturated heterocycles. The molecule has 160 valence electrons. The zero-order chi connectivity index (χ0) is 21.4. The van der Waals surface area contributed by atoms with Gasteiger partial charge in [-0.3, -0.25) is 9.59 Å². The van der Waals surface area contributed by atoms with Gasteiger partial charge in [0.05, 0.1) is 25.8 Å². The van der Waals surface area contributed by atoms with E-state index < -0.39 is 0 Å². The van der Waals surface area contributed by atoms with Crippen molar-refractivity contribution in [2.45, 2.75) is 65.3 Å². The van der Waals surface area contributed by atoms with Crippen LogP contribution in [0.3, 0.4) is 0 Å². The normalized spacial score (nSPS) is 13.7. The fourth-order valence-electron chi connectivity index (χ4n) is 3.36. The molecule has 0 radical (unpaired) electrons. The van der Waals surface area contributed by atoms with E-state index >= 15 is 0 Å². The van der Waals surface area contributed by atoms with E-state index in [0.717, 1.165) is 35.7 Å². The van der Waals surface area contributed by atoms with Crippen molar-refractivity contribution in [2.75, 3.05) is 30.8 Å². The number of amides is 1. The van der Waals surface area contributed by atoms with Crippen LogP contribution in [0.4, 0.5) is 11.4 Å². The van der Waals surface area contributed by atoms with Crippen molar-refractivity contribution in [3.05, 3.63) is 23.3 Å². The molecule has 0 spiro atoms. The predicted molar refractivity (Wildman–Crippen MR) is 120 cm³/mol. The lowest BCUT2D eigenvalue weighted by molar-refractivity contribution is -0.123. The summed E-state index contributed by atoms with van der Waals surface area (Å²) in [7, 11) is 1.64. The zero-order valence-electron chi connectivity index (χ0n) is 18.4. The Hall–Kier alpha value is -2.50. The molecule has 0 aliphatic carbocycles. The van der Waals surface area contributed by atoms with Crippen LogP contribution in [0.2, 0.25) is 0 Å². The zero-order valence-corrected chi connectivity index (χ0v) is 18.4. The molecule has 0 unspecified atom stereocenters. The van der Waals surface area contributed by atoms with E-state index in [9.17, 15) is 9.59 Å². The Morgan fingerprint density at radius 1 is 1.21 bits per heavy atom. The van der Waals surface area contributed by atoms with E-state index in [0.29, 0.717) is 5.57 Å². The van der Waals surface area contributed by atoms with Crippen LogP contribution in [0.15, 0.2) is 17.7 Å². The summed E-state index contributed by atoms with van der Waals surface area (Å²) in [6.07, 6.45) is 6.57. The fraction of sp³-hybridized carbons (Fsp3) is 0.565. The summed E-state index contributed by atoms with van der Waals surface area (Å²) >= 11 is 0. The third-order valence-corrected chi connectivity index (χ3v) is 4.73. The number of benzene rings is 1. The van der Waals surface area contributed by atoms with E-state index in [4.69, 9.17) is 4.74 Å². The lowest BCUT2D eigenvalue weighted by atomic mass is 10.0. The molecule has 3 N–H and O–H groups in total. The average Bonchev–Trinajstić information content (AvgIpc) is 2.79. The van der Waals surface area contributed by atoms with Crippen molar-refractivity contribution in [1.82, 2.24) is 5.32 Å². The molecule has 1 heterocycles. The minimum atomic E-state index is -0.330. The Balaban J connectivity index is 2.24. The molecule has 0 aromatic heterocycles. The number of rotatable bonds is 9. The third kappa shape index (κ3) is 6.80. The molecule has 0 saturated carbocycles. The number of unbranched alkanes of at least 4 members (excludes halogenated alkanes) is 3. The van der Waals surface area contributed by atoms with E-state index in [-0.39, 0.29) is 30.2 Å². The Morgan fingerprint density at radius 3 is 2.62 bits per heavy atom. The second-order valence-electron chi connectivity index (χ2n) is 8.52. The van der Waals surface area contributed by atoms with Crippen molar-refractivity contribution in [1.29, 1.82) is 0 Å². The smallest absolute Gasteiger partial charge is 0.224 e. The highest BCUT2D eigenvalue weighted by molar-refractivity contribution is 6.08. The number of Topliss-reactive ketones (excluding diaryl/α,β-unsaturated/α-hetero) is 1. The van der Waals surface area contributed by atoms with Gasteiger partial charge in [0, 0.05) is 23.2 Å². The Morgan fingerprint density at radius 2 is 1.97 bits per heavy atom. The maximum Gasteiger partial charge on any atom is 0.224 e. The molecule has 1 amide bonds. The summed E-state index contributed by atoms with van der Waals surface area (Å²) in [6, 6.07) is 3.82. The Labute approximate surface area is 174 Å². The number of methoxy groups -OCH3 is 1. The van der Waals surface area contributed by atoms with Crippen molar-refractivity contribution in [3.8, 4) is 5.75 Å². The molecule has 1 aliphatic rings. The van der Waals surface area contributed by atoms with Crippen LogP contribution in [0.25, 0.3) is 6.08 Å². The van der Waals surface area contributed by atoms with Crippen LogP contribution in [0.5, 0.6) is 5.75 Å². The molecule has 6 heteroatoms. The van der Waals surface area contributed by atoms with Crippen molar-refractivity contribution >= 4 is 29.1 Å². The number of carbonyl (C=O) groups excluding carboxylic acids is 2. The molecule has 0 bridgehead atoms. The minimum absolute atomic E-state index is 0.0712. The van der Waals surface area contributed by atoms with Crippen molar-refractivity contribution in [3.63, 3.8) is 0 Å². The molecule has 29 heavy (non-hydrogen) atoms. The number of ether oxygens (including phenoxy) is 1. The minimum Gasteiger partial charge on any atom is -0.495 e. The largest absolute Gasteiger partial charge is 0.495 e. The van der Waals surface area contributed by atoms with Gasteiger partial charge in [0.25, 0.3) is 0 Å². The first-order chi connectivity index (χ1) is 13.7. The van der Waals surface area contributed by atoms with Gasteiger partial charge in [-0.05, 0) is 45.4 Å². The Bertz CT molecular complexity index is 763. The van der Waals surface area contributed by atoms with Gasteiger partial charge in [-0.2, -0.15) is 0 Å². The van der Waals surface area contributed by atoms with Crippen LogP contribution in [0, 0.1) is 0 Å². The van der Waals surface area contributed by atoms with E-state index in [2.05, 4.69) is 22.9 Å². The number of carbonyl (C=O) groups is 2. The molecule has 1 aromatic rings. The number of hydrogen-bond donors (Lipinski definition) is 3. The van der Waals surface area contributed by atoms with Crippen molar-refractivity contribution in [2.24, 2.45) is 0 Å². The number of anilines is 2. The standard InChI is InChI=1S/C23H35N3O3/c1-6-7-8-9-12-24-22-19(29-5)11-10-16-13-17(18(27)15-25-21(16)22)14-20(28)26-23(2,3)4/h10-11,13,24-25H,6-9,12,14-15H2,1-5H3,(H,26,28). The molecular weight excluding hydrogens is 366 g/mol. The van der Waals surface area contributed by atoms with Crippen LogP contribution in [-0.2, 0) is 9.59 Å². The first-order valence-electron chi connectivity index (χ1n) is 10.5. The van der Waals surface area contributed by atoms with Gasteiger partial charge in [0.15, 0.2) is 5.78 Å². The second kappa shape index (κ2) is 10.3. The lowest BCUT2D eigenvalue weighted by Crippen LogP contribution is -2.41. The van der Waals surface area contributed by atoms with Gasteiger partial charge in [0.1, 0.15) is 11.4 Å². The van der Waals surface area contributed by atoms with Gasteiger partial charge in [-0.1, -0.05) is 26.2 Å². The first-order valence-corrected chi connectivity index (χ1v) is 10.5. The summed E-state index contributed by atoms with van der Waals surface area (Å²) in [5, 5.41) is 9.64. The first kappa shape index (κ1) is 22.8. The second-order valence-corrected chi connectivity index (χ2v) is 8.52. The van der Waals surface area contributed by atoms with Crippen molar-refractivity contribution < 1.29 is 14.3 Å². The van der Waals surface area contributed by atoms with E-state index in [1.807, 2.05) is 39.0 Å². The van der Waals surface area contributed by atoms with E-state index in [1.54, 1.807) is 7.11 Å². The quantitative estimate of drug-likeness (QED) is 0.536.